The molecule has 124 valence electrons. The minimum absolute atomic E-state index is 0.322. The molecule has 23 heavy (non-hydrogen) atoms. The van der Waals surface area contributed by atoms with Gasteiger partial charge < -0.3 is 20.1 Å². The molecule has 2 rings (SSSR count). The van der Waals surface area contributed by atoms with Gasteiger partial charge in [-0.15, -0.1) is 0 Å². The highest BCUT2D eigenvalue weighted by molar-refractivity contribution is 5.49. The Morgan fingerprint density at radius 3 is 2.35 bits per heavy atom. The van der Waals surface area contributed by atoms with Crippen LogP contribution in [0.3, 0.4) is 0 Å². The van der Waals surface area contributed by atoms with Crippen molar-refractivity contribution in [2.24, 2.45) is 0 Å². The first-order valence-electron chi connectivity index (χ1n) is 7.59. The van der Waals surface area contributed by atoms with Crippen LogP contribution in [0.4, 0.5) is 11.6 Å². The number of nitrogens with zero attached hydrogens (tertiary/aromatic N) is 2. The van der Waals surface area contributed by atoms with E-state index in [1.807, 2.05) is 31.2 Å². The van der Waals surface area contributed by atoms with Gasteiger partial charge in [-0.3, -0.25) is 0 Å². The van der Waals surface area contributed by atoms with Crippen LogP contribution in [-0.4, -0.2) is 30.2 Å². The van der Waals surface area contributed by atoms with E-state index in [-0.39, 0.29) is 0 Å². The number of aromatic nitrogens is 2. The van der Waals surface area contributed by atoms with Gasteiger partial charge in [0.15, 0.2) is 11.5 Å². The van der Waals surface area contributed by atoms with Crippen LogP contribution in [0.1, 0.15) is 25.2 Å². The van der Waals surface area contributed by atoms with Crippen LogP contribution in [-0.2, 0) is 6.54 Å². The van der Waals surface area contributed by atoms with Crippen LogP contribution in [0.5, 0.6) is 11.5 Å². The van der Waals surface area contributed by atoms with Crippen molar-refractivity contribution >= 4 is 11.6 Å². The Bertz CT molecular complexity index is 659. The monoisotopic (exact) mass is 316 g/mol. The number of nitrogens with one attached hydrogen (secondary N) is 2. The SMILES string of the molecule is COc1ccc(CNc2cc(NC(C)C)nc(C)n2)cc1OC. The van der Waals surface area contributed by atoms with E-state index in [0.717, 1.165) is 28.8 Å². The first kappa shape index (κ1) is 16.9. The molecule has 0 amide bonds. The van der Waals surface area contributed by atoms with E-state index in [1.165, 1.54) is 0 Å². The standard InChI is InChI=1S/C17H24N4O2/c1-11(2)19-17-9-16(20-12(3)21-17)18-10-13-6-7-14(22-4)15(8-13)23-5/h6-9,11H,10H2,1-5H3,(H2,18,19,20,21). The summed E-state index contributed by atoms with van der Waals surface area (Å²) in [5.41, 5.74) is 1.08. The number of hydrogen-bond acceptors (Lipinski definition) is 6. The number of ether oxygens (including phenoxy) is 2. The van der Waals surface area contributed by atoms with Gasteiger partial charge >= 0.3 is 0 Å². The van der Waals surface area contributed by atoms with Crippen molar-refractivity contribution in [3.8, 4) is 11.5 Å². The van der Waals surface area contributed by atoms with Gasteiger partial charge in [0.25, 0.3) is 0 Å². The Balaban J connectivity index is 2.10. The lowest BCUT2D eigenvalue weighted by Gasteiger charge is -2.13. The summed E-state index contributed by atoms with van der Waals surface area (Å²) in [4.78, 5) is 8.79. The largest absolute Gasteiger partial charge is 0.493 e. The molecule has 6 nitrogen and oxygen atoms in total. The Labute approximate surface area is 137 Å². The van der Waals surface area contributed by atoms with Gasteiger partial charge in [-0.1, -0.05) is 6.07 Å². The zero-order chi connectivity index (χ0) is 16.8. The molecule has 0 spiro atoms. The number of anilines is 2. The average molecular weight is 316 g/mol. The van der Waals surface area contributed by atoms with E-state index in [9.17, 15) is 0 Å². The number of benzene rings is 1. The molecule has 0 atom stereocenters. The second-order valence-electron chi connectivity index (χ2n) is 5.53. The molecule has 0 aliphatic rings. The lowest BCUT2D eigenvalue weighted by Crippen LogP contribution is -2.13. The molecule has 6 heteroatoms. The van der Waals surface area contributed by atoms with Gasteiger partial charge in [-0.2, -0.15) is 0 Å². The van der Waals surface area contributed by atoms with E-state index in [0.29, 0.717) is 18.3 Å². The van der Waals surface area contributed by atoms with E-state index < -0.39 is 0 Å². The normalized spacial score (nSPS) is 10.5. The van der Waals surface area contributed by atoms with Crippen LogP contribution >= 0.6 is 0 Å². The second-order valence-corrected chi connectivity index (χ2v) is 5.53. The highest BCUT2D eigenvalue weighted by atomic mass is 16.5. The van der Waals surface area contributed by atoms with Gasteiger partial charge in [-0.25, -0.2) is 9.97 Å². The van der Waals surface area contributed by atoms with Crippen LogP contribution in [0.25, 0.3) is 0 Å². The summed E-state index contributed by atoms with van der Waals surface area (Å²) in [6.07, 6.45) is 0. The average Bonchev–Trinajstić information content (AvgIpc) is 2.51. The van der Waals surface area contributed by atoms with E-state index in [1.54, 1.807) is 14.2 Å². The van der Waals surface area contributed by atoms with E-state index in [2.05, 4.69) is 34.4 Å². The number of hydrogen-bond donors (Lipinski definition) is 2. The maximum atomic E-state index is 5.32. The van der Waals surface area contributed by atoms with Crippen molar-refractivity contribution < 1.29 is 9.47 Å². The molecule has 0 unspecified atom stereocenters. The molecule has 0 aliphatic carbocycles. The molecule has 2 aromatic rings. The van der Waals surface area contributed by atoms with Crippen molar-refractivity contribution in [3.05, 3.63) is 35.7 Å². The molecule has 0 saturated heterocycles. The number of rotatable bonds is 7. The van der Waals surface area contributed by atoms with Gasteiger partial charge in [-0.05, 0) is 38.5 Å². The Morgan fingerprint density at radius 1 is 1.00 bits per heavy atom. The smallest absolute Gasteiger partial charge is 0.161 e. The van der Waals surface area contributed by atoms with Gasteiger partial charge in [0, 0.05) is 18.7 Å². The lowest BCUT2D eigenvalue weighted by atomic mass is 10.2. The zero-order valence-corrected chi connectivity index (χ0v) is 14.3. The molecule has 0 bridgehead atoms. The fourth-order valence-corrected chi connectivity index (χ4v) is 2.21. The van der Waals surface area contributed by atoms with Gasteiger partial charge in [0.05, 0.1) is 14.2 Å². The quantitative estimate of drug-likeness (QED) is 0.817. The Morgan fingerprint density at radius 2 is 1.70 bits per heavy atom. The minimum Gasteiger partial charge on any atom is -0.493 e. The molecule has 0 fully saturated rings. The van der Waals surface area contributed by atoms with Crippen molar-refractivity contribution in [2.75, 3.05) is 24.9 Å². The first-order valence-corrected chi connectivity index (χ1v) is 7.59. The molecular weight excluding hydrogens is 292 g/mol. The Kier molecular flexibility index (Phi) is 5.62. The summed E-state index contributed by atoms with van der Waals surface area (Å²) in [6, 6.07) is 8.08. The highest BCUT2D eigenvalue weighted by Crippen LogP contribution is 2.27. The molecular formula is C17H24N4O2. The summed E-state index contributed by atoms with van der Waals surface area (Å²) in [5.74, 6) is 3.77. The maximum Gasteiger partial charge on any atom is 0.161 e. The van der Waals surface area contributed by atoms with E-state index >= 15 is 0 Å². The third-order valence-corrected chi connectivity index (χ3v) is 3.20. The molecule has 0 aliphatic heterocycles. The summed E-state index contributed by atoms with van der Waals surface area (Å²) < 4.78 is 10.6. The van der Waals surface area contributed by atoms with Crippen molar-refractivity contribution in [3.63, 3.8) is 0 Å². The third-order valence-electron chi connectivity index (χ3n) is 3.20. The number of aryl methyl sites for hydroxylation is 1. The molecule has 1 heterocycles. The van der Waals surface area contributed by atoms with E-state index in [4.69, 9.17) is 9.47 Å². The third kappa shape index (κ3) is 4.74. The van der Waals surface area contributed by atoms with Gasteiger partial charge in [0.1, 0.15) is 17.5 Å². The minimum atomic E-state index is 0.322. The Hall–Kier alpha value is -2.50. The highest BCUT2D eigenvalue weighted by Gasteiger charge is 2.06. The van der Waals surface area contributed by atoms with Crippen LogP contribution < -0.4 is 20.1 Å². The lowest BCUT2D eigenvalue weighted by molar-refractivity contribution is 0.354. The van der Waals surface area contributed by atoms with Crippen molar-refractivity contribution in [2.45, 2.75) is 33.4 Å². The van der Waals surface area contributed by atoms with Crippen molar-refractivity contribution in [1.82, 2.24) is 9.97 Å². The maximum absolute atomic E-state index is 5.32. The van der Waals surface area contributed by atoms with Crippen LogP contribution in [0, 0.1) is 6.92 Å². The topological polar surface area (TPSA) is 68.3 Å². The van der Waals surface area contributed by atoms with Crippen molar-refractivity contribution in [1.29, 1.82) is 0 Å². The summed E-state index contributed by atoms with van der Waals surface area (Å²) in [6.45, 7) is 6.67. The summed E-state index contributed by atoms with van der Waals surface area (Å²) in [7, 11) is 3.26. The first-order chi connectivity index (χ1) is 11.0. The molecule has 1 aromatic carbocycles. The number of methoxy groups -OCH3 is 2. The van der Waals surface area contributed by atoms with Crippen LogP contribution in [0.15, 0.2) is 24.3 Å². The zero-order valence-electron chi connectivity index (χ0n) is 14.3. The van der Waals surface area contributed by atoms with Gasteiger partial charge in [0.2, 0.25) is 0 Å². The molecule has 0 radical (unpaired) electrons. The fraction of sp³-hybridized carbons (Fsp3) is 0.412. The molecule has 0 saturated carbocycles. The predicted octanol–water partition coefficient (Wildman–Crippen LogP) is 3.23. The summed E-state index contributed by atoms with van der Waals surface area (Å²) in [5, 5.41) is 6.61. The predicted molar refractivity (Wildman–Crippen MR) is 92.4 cm³/mol. The fourth-order valence-electron chi connectivity index (χ4n) is 2.21. The molecule has 2 N–H and O–H groups in total. The van der Waals surface area contributed by atoms with Crippen LogP contribution in [0.2, 0.25) is 0 Å². The summed E-state index contributed by atoms with van der Waals surface area (Å²) >= 11 is 0. The molecule has 1 aromatic heterocycles. The second kappa shape index (κ2) is 7.67.